The van der Waals surface area contributed by atoms with E-state index < -0.39 is 11.2 Å². The highest BCUT2D eigenvalue weighted by molar-refractivity contribution is 7.80. The van der Waals surface area contributed by atoms with Gasteiger partial charge in [-0.3, -0.25) is 9.78 Å². The minimum atomic E-state index is -0.540. The number of nitrogens with zero attached hydrogens (tertiary/aromatic N) is 1. The van der Waals surface area contributed by atoms with Gasteiger partial charge in [0.05, 0.1) is 5.56 Å². The van der Waals surface area contributed by atoms with Crippen molar-refractivity contribution >= 4 is 17.2 Å². The minimum absolute atomic E-state index is 0.0107. The number of nitrogens with two attached hydrogens (primary N) is 1. The average Bonchev–Trinajstić information content (AvgIpc) is 2.03. The highest BCUT2D eigenvalue weighted by atomic mass is 32.1. The second kappa shape index (κ2) is 3.53. The first-order valence-corrected chi connectivity index (χ1v) is 4.10. The fraction of sp³-hybridized carbons (Fsp3) is 0.286. The molecule has 0 bridgehead atoms. The molecule has 0 fully saturated rings. The van der Waals surface area contributed by atoms with Crippen molar-refractivity contribution in [3.05, 3.63) is 32.6 Å². The van der Waals surface area contributed by atoms with E-state index in [9.17, 15) is 9.59 Å². The number of hydrogen-bond acceptors (Lipinski definition) is 3. The van der Waals surface area contributed by atoms with Crippen molar-refractivity contribution in [2.24, 2.45) is 5.73 Å². The summed E-state index contributed by atoms with van der Waals surface area (Å²) in [6.45, 7) is 2.24. The Bertz CT molecular complexity index is 446. The highest BCUT2D eigenvalue weighted by Gasteiger charge is 2.05. The predicted molar refractivity (Wildman–Crippen MR) is 52.9 cm³/mol. The summed E-state index contributed by atoms with van der Waals surface area (Å²) < 4.78 is 1.33. The van der Waals surface area contributed by atoms with Crippen LogP contribution in [-0.4, -0.2) is 14.5 Å². The van der Waals surface area contributed by atoms with Crippen molar-refractivity contribution < 1.29 is 0 Å². The topological polar surface area (TPSA) is 80.9 Å². The SMILES string of the molecule is CCn1cc(C(N)=S)c(=O)[nH]c1=O. The van der Waals surface area contributed by atoms with Gasteiger partial charge in [-0.05, 0) is 6.92 Å². The molecular weight excluding hydrogens is 190 g/mol. The molecule has 0 saturated heterocycles. The molecule has 0 saturated carbocycles. The van der Waals surface area contributed by atoms with E-state index in [2.05, 4.69) is 17.2 Å². The summed E-state index contributed by atoms with van der Waals surface area (Å²) in [4.78, 5) is 24.3. The summed E-state index contributed by atoms with van der Waals surface area (Å²) in [5.74, 6) is 0. The molecule has 5 nitrogen and oxygen atoms in total. The van der Waals surface area contributed by atoms with Crippen molar-refractivity contribution in [3.8, 4) is 0 Å². The van der Waals surface area contributed by atoms with Crippen LogP contribution in [0, 0.1) is 0 Å². The van der Waals surface area contributed by atoms with E-state index in [-0.39, 0.29) is 10.6 Å². The van der Waals surface area contributed by atoms with Gasteiger partial charge in [-0.15, -0.1) is 0 Å². The van der Waals surface area contributed by atoms with E-state index in [1.807, 2.05) is 0 Å². The Kier molecular flexibility index (Phi) is 2.62. The fourth-order valence-corrected chi connectivity index (χ4v) is 1.07. The standard InChI is InChI=1S/C7H9N3O2S/c1-2-10-3-4(5(8)13)6(11)9-7(10)12/h3H,2H2,1H3,(H2,8,13)(H,9,11,12). The summed E-state index contributed by atoms with van der Waals surface area (Å²) in [5.41, 5.74) is 4.46. The molecule has 0 aliphatic rings. The lowest BCUT2D eigenvalue weighted by Crippen LogP contribution is -2.34. The van der Waals surface area contributed by atoms with E-state index in [1.54, 1.807) is 6.92 Å². The zero-order chi connectivity index (χ0) is 10.0. The molecule has 1 aromatic heterocycles. The molecule has 6 heteroatoms. The van der Waals surface area contributed by atoms with Gasteiger partial charge >= 0.3 is 5.69 Å². The van der Waals surface area contributed by atoms with Gasteiger partial charge in [0.1, 0.15) is 4.99 Å². The molecule has 1 aromatic rings. The van der Waals surface area contributed by atoms with Crippen LogP contribution in [0.4, 0.5) is 0 Å². The molecule has 1 rings (SSSR count). The van der Waals surface area contributed by atoms with E-state index in [1.165, 1.54) is 10.8 Å². The molecule has 0 aromatic carbocycles. The molecule has 0 spiro atoms. The van der Waals surface area contributed by atoms with Crippen LogP contribution in [0.25, 0.3) is 0 Å². The maximum Gasteiger partial charge on any atom is 0.328 e. The van der Waals surface area contributed by atoms with Crippen LogP contribution < -0.4 is 17.0 Å². The predicted octanol–water partition coefficient (Wildman–Crippen LogP) is -0.809. The summed E-state index contributed by atoms with van der Waals surface area (Å²) in [6.07, 6.45) is 1.36. The normalized spacial score (nSPS) is 9.92. The number of aryl methyl sites for hydroxylation is 1. The molecule has 13 heavy (non-hydrogen) atoms. The Balaban J connectivity index is 3.48. The van der Waals surface area contributed by atoms with E-state index in [4.69, 9.17) is 5.73 Å². The third kappa shape index (κ3) is 1.83. The molecule has 0 atom stereocenters. The molecule has 0 aliphatic heterocycles. The van der Waals surface area contributed by atoms with Gasteiger partial charge in [-0.2, -0.15) is 0 Å². The smallest absolute Gasteiger partial charge is 0.328 e. The van der Waals surface area contributed by atoms with Crippen LogP contribution in [0.3, 0.4) is 0 Å². The van der Waals surface area contributed by atoms with E-state index in [0.717, 1.165) is 0 Å². The Morgan fingerprint density at radius 1 is 1.69 bits per heavy atom. The zero-order valence-electron chi connectivity index (χ0n) is 7.03. The molecule has 70 valence electrons. The lowest BCUT2D eigenvalue weighted by atomic mass is 10.3. The van der Waals surface area contributed by atoms with Gasteiger partial charge in [-0.25, -0.2) is 4.79 Å². The molecule has 0 amide bonds. The molecule has 0 unspecified atom stereocenters. The first-order chi connectivity index (χ1) is 6.06. The molecule has 1 heterocycles. The van der Waals surface area contributed by atoms with Crippen LogP contribution in [0.15, 0.2) is 15.8 Å². The first-order valence-electron chi connectivity index (χ1n) is 3.69. The Morgan fingerprint density at radius 2 is 2.31 bits per heavy atom. The average molecular weight is 199 g/mol. The molecular formula is C7H9N3O2S. The van der Waals surface area contributed by atoms with Gasteiger partial charge in [0.25, 0.3) is 5.56 Å². The number of nitrogens with one attached hydrogen (secondary N) is 1. The minimum Gasteiger partial charge on any atom is -0.389 e. The maximum absolute atomic E-state index is 11.1. The van der Waals surface area contributed by atoms with Crippen molar-refractivity contribution in [3.63, 3.8) is 0 Å². The number of hydrogen-bond donors (Lipinski definition) is 2. The van der Waals surface area contributed by atoms with Crippen LogP contribution in [0.1, 0.15) is 12.5 Å². The van der Waals surface area contributed by atoms with Gasteiger partial charge in [0.2, 0.25) is 0 Å². The van der Waals surface area contributed by atoms with Gasteiger partial charge < -0.3 is 10.3 Å². The number of rotatable bonds is 2. The number of thiocarbonyl (C=S) groups is 1. The summed E-state index contributed by atoms with van der Waals surface area (Å²) in [7, 11) is 0. The maximum atomic E-state index is 11.1. The van der Waals surface area contributed by atoms with Crippen molar-refractivity contribution in [1.82, 2.24) is 9.55 Å². The van der Waals surface area contributed by atoms with Gasteiger partial charge in [-0.1, -0.05) is 12.2 Å². The fourth-order valence-electron chi connectivity index (χ4n) is 0.920. The number of aromatic amines is 1. The van der Waals surface area contributed by atoms with E-state index in [0.29, 0.717) is 6.54 Å². The van der Waals surface area contributed by atoms with Crippen molar-refractivity contribution in [1.29, 1.82) is 0 Å². The van der Waals surface area contributed by atoms with Crippen LogP contribution >= 0.6 is 12.2 Å². The van der Waals surface area contributed by atoms with Crippen LogP contribution in [0.2, 0.25) is 0 Å². The Labute approximate surface area is 79.2 Å². The quantitative estimate of drug-likeness (QED) is 0.610. The molecule has 0 radical (unpaired) electrons. The highest BCUT2D eigenvalue weighted by Crippen LogP contribution is 1.86. The van der Waals surface area contributed by atoms with E-state index >= 15 is 0 Å². The van der Waals surface area contributed by atoms with Gasteiger partial charge in [0.15, 0.2) is 0 Å². The van der Waals surface area contributed by atoms with Crippen LogP contribution in [0.5, 0.6) is 0 Å². The van der Waals surface area contributed by atoms with Gasteiger partial charge in [0, 0.05) is 12.7 Å². The van der Waals surface area contributed by atoms with Crippen molar-refractivity contribution in [2.45, 2.75) is 13.5 Å². The van der Waals surface area contributed by atoms with Crippen molar-refractivity contribution in [2.75, 3.05) is 0 Å². The summed E-state index contributed by atoms with van der Waals surface area (Å²) >= 11 is 4.64. The Morgan fingerprint density at radius 3 is 2.77 bits per heavy atom. The molecule has 0 aliphatic carbocycles. The second-order valence-corrected chi connectivity index (χ2v) is 2.89. The number of aromatic nitrogens is 2. The molecule has 3 N–H and O–H groups in total. The summed E-state index contributed by atoms with van der Waals surface area (Å²) in [5, 5.41) is 0. The lowest BCUT2D eigenvalue weighted by Gasteiger charge is -2.02. The van der Waals surface area contributed by atoms with Crippen LogP contribution in [-0.2, 0) is 6.54 Å². The lowest BCUT2D eigenvalue weighted by molar-refractivity contribution is 0.692. The second-order valence-electron chi connectivity index (χ2n) is 2.45. The summed E-state index contributed by atoms with van der Waals surface area (Å²) in [6, 6.07) is 0. The monoisotopic (exact) mass is 199 g/mol. The zero-order valence-corrected chi connectivity index (χ0v) is 7.85. The third-order valence-corrected chi connectivity index (χ3v) is 1.84. The first kappa shape index (κ1) is 9.66. The Hall–Kier alpha value is -1.43. The number of H-pyrrole nitrogens is 1. The third-order valence-electron chi connectivity index (χ3n) is 1.62. The largest absolute Gasteiger partial charge is 0.389 e.